The highest BCUT2D eigenvalue weighted by molar-refractivity contribution is 5.83. The van der Waals surface area contributed by atoms with E-state index in [2.05, 4.69) is 10.2 Å². The second kappa shape index (κ2) is 5.83. The van der Waals surface area contributed by atoms with Crippen LogP contribution >= 0.6 is 0 Å². The molecule has 1 aromatic rings. The predicted octanol–water partition coefficient (Wildman–Crippen LogP) is 2.09. The highest BCUT2D eigenvalue weighted by Gasteiger charge is 2.40. The number of para-hydroxylation sites is 1. The summed E-state index contributed by atoms with van der Waals surface area (Å²) < 4.78 is 0. The fourth-order valence-electron chi connectivity index (χ4n) is 2.93. The Balaban J connectivity index is 2.24. The van der Waals surface area contributed by atoms with Crippen LogP contribution in [0.15, 0.2) is 24.3 Å². The van der Waals surface area contributed by atoms with Crippen molar-refractivity contribution >= 4 is 11.6 Å². The van der Waals surface area contributed by atoms with Crippen molar-refractivity contribution in [1.82, 2.24) is 5.32 Å². The minimum absolute atomic E-state index is 0.0912. The molecule has 0 spiro atoms. The van der Waals surface area contributed by atoms with Crippen LogP contribution in [0.4, 0.5) is 5.69 Å². The number of hydrogen-bond donors (Lipinski definition) is 2. The maximum absolute atomic E-state index is 12.0. The first-order valence-corrected chi connectivity index (χ1v) is 7.26. The first-order valence-electron chi connectivity index (χ1n) is 7.26. The number of anilines is 1. The quantitative estimate of drug-likeness (QED) is 0.885. The largest absolute Gasteiger partial charge is 0.388 e. The molecular formula is C16H24N2O2. The van der Waals surface area contributed by atoms with Gasteiger partial charge in [0.15, 0.2) is 0 Å². The number of hydrogen-bond acceptors (Lipinski definition) is 3. The summed E-state index contributed by atoms with van der Waals surface area (Å²) in [6.45, 7) is 5.52. The fourth-order valence-corrected chi connectivity index (χ4v) is 2.93. The molecule has 0 aromatic heterocycles. The Bertz CT molecular complexity index is 489. The molecule has 4 nitrogen and oxygen atoms in total. The molecule has 2 atom stereocenters. The third-order valence-electron chi connectivity index (χ3n) is 4.27. The molecule has 110 valence electrons. The molecule has 0 aliphatic carbocycles. The van der Waals surface area contributed by atoms with Gasteiger partial charge in [-0.25, -0.2) is 0 Å². The zero-order valence-corrected chi connectivity index (χ0v) is 12.5. The monoisotopic (exact) mass is 276 g/mol. The molecule has 1 amide bonds. The average molecular weight is 276 g/mol. The van der Waals surface area contributed by atoms with E-state index in [1.807, 2.05) is 38.1 Å². The molecular weight excluding hydrogens is 252 g/mol. The second-order valence-corrected chi connectivity index (χ2v) is 5.79. The van der Waals surface area contributed by atoms with Gasteiger partial charge in [-0.05, 0) is 25.8 Å². The number of benzene rings is 1. The average Bonchev–Trinajstić information content (AvgIpc) is 2.89. The number of aliphatic hydroxyl groups excluding tert-OH is 1. The summed E-state index contributed by atoms with van der Waals surface area (Å²) in [5.41, 5.74) is 1.66. The van der Waals surface area contributed by atoms with Crippen molar-refractivity contribution in [2.75, 3.05) is 25.0 Å². The molecule has 0 bridgehead atoms. The van der Waals surface area contributed by atoms with E-state index < -0.39 is 6.10 Å². The second-order valence-electron chi connectivity index (χ2n) is 5.79. The third kappa shape index (κ3) is 2.66. The maximum atomic E-state index is 12.0. The topological polar surface area (TPSA) is 52.6 Å². The van der Waals surface area contributed by atoms with Gasteiger partial charge in [-0.15, -0.1) is 0 Å². The molecule has 1 aliphatic rings. The van der Waals surface area contributed by atoms with Crippen LogP contribution in [0.2, 0.25) is 0 Å². The number of carbonyl (C=O) groups excluding carboxylic acids is 1. The van der Waals surface area contributed by atoms with Gasteiger partial charge in [-0.3, -0.25) is 4.79 Å². The third-order valence-corrected chi connectivity index (χ3v) is 4.27. The molecule has 1 saturated heterocycles. The molecule has 4 heteroatoms. The van der Waals surface area contributed by atoms with Gasteiger partial charge >= 0.3 is 0 Å². The number of rotatable bonds is 4. The Hall–Kier alpha value is -1.55. The van der Waals surface area contributed by atoms with Gasteiger partial charge in [-0.1, -0.05) is 25.1 Å². The van der Waals surface area contributed by atoms with Crippen molar-refractivity contribution in [3.05, 3.63) is 29.8 Å². The lowest BCUT2D eigenvalue weighted by Gasteiger charge is -2.26. The summed E-state index contributed by atoms with van der Waals surface area (Å²) in [4.78, 5) is 14.2. The van der Waals surface area contributed by atoms with Gasteiger partial charge in [0.1, 0.15) is 0 Å². The van der Waals surface area contributed by atoms with E-state index in [4.69, 9.17) is 0 Å². The normalized spacial score (nSPS) is 23.7. The number of aliphatic hydroxyl groups is 1. The zero-order chi connectivity index (χ0) is 14.8. The summed E-state index contributed by atoms with van der Waals surface area (Å²) >= 11 is 0. The molecule has 0 radical (unpaired) electrons. The number of nitrogens with one attached hydrogen (secondary N) is 1. The minimum Gasteiger partial charge on any atom is -0.388 e. The van der Waals surface area contributed by atoms with Crippen LogP contribution in [-0.4, -0.2) is 31.2 Å². The van der Waals surface area contributed by atoms with Gasteiger partial charge in [0, 0.05) is 31.4 Å². The van der Waals surface area contributed by atoms with Crippen LogP contribution < -0.4 is 10.2 Å². The van der Waals surface area contributed by atoms with E-state index in [1.165, 1.54) is 0 Å². The summed E-state index contributed by atoms with van der Waals surface area (Å²) in [7, 11) is 1.69. The van der Waals surface area contributed by atoms with Crippen LogP contribution in [0.25, 0.3) is 0 Å². The zero-order valence-electron chi connectivity index (χ0n) is 12.5. The summed E-state index contributed by atoms with van der Waals surface area (Å²) in [6, 6.07) is 7.94. The van der Waals surface area contributed by atoms with Crippen LogP contribution in [0.1, 0.15) is 38.4 Å². The number of carbonyl (C=O) groups is 1. The lowest BCUT2D eigenvalue weighted by atomic mass is 9.89. The molecule has 20 heavy (non-hydrogen) atoms. The van der Waals surface area contributed by atoms with Crippen molar-refractivity contribution in [2.24, 2.45) is 5.41 Å². The molecule has 1 unspecified atom stereocenters. The standard InChI is InChI=1S/C16H24N2O2/c1-4-14(19)12-7-5-6-8-13(12)18-10-9-16(2,11-18)15(20)17-3/h5-8,14,19H,4,9-11H2,1-3H3,(H,17,20)/t14-,16?/m1/s1. The van der Waals surface area contributed by atoms with Crippen LogP contribution in [0, 0.1) is 5.41 Å². The number of nitrogens with zero attached hydrogens (tertiary/aromatic N) is 1. The van der Waals surface area contributed by atoms with Gasteiger partial charge in [0.2, 0.25) is 5.91 Å². The maximum Gasteiger partial charge on any atom is 0.227 e. The smallest absolute Gasteiger partial charge is 0.227 e. The molecule has 2 rings (SSSR count). The highest BCUT2D eigenvalue weighted by Crippen LogP contribution is 2.36. The summed E-state index contributed by atoms with van der Waals surface area (Å²) in [6.07, 6.45) is 1.08. The Morgan fingerprint density at radius 2 is 2.20 bits per heavy atom. The van der Waals surface area contributed by atoms with Gasteiger partial charge in [0.25, 0.3) is 0 Å². The molecule has 0 saturated carbocycles. The number of amides is 1. The fraction of sp³-hybridized carbons (Fsp3) is 0.562. The molecule has 2 N–H and O–H groups in total. The van der Waals surface area contributed by atoms with Crippen molar-refractivity contribution in [2.45, 2.75) is 32.8 Å². The Labute approximate surface area is 120 Å². The van der Waals surface area contributed by atoms with Gasteiger partial charge in [-0.2, -0.15) is 0 Å². The first-order chi connectivity index (χ1) is 9.51. The molecule has 1 aromatic carbocycles. The summed E-state index contributed by atoms with van der Waals surface area (Å²) in [5.74, 6) is 0.0912. The van der Waals surface area contributed by atoms with Crippen molar-refractivity contribution in [1.29, 1.82) is 0 Å². The van der Waals surface area contributed by atoms with Crippen LogP contribution in [0.5, 0.6) is 0 Å². The summed E-state index contributed by atoms with van der Waals surface area (Å²) in [5, 5.41) is 12.9. The Morgan fingerprint density at radius 1 is 1.50 bits per heavy atom. The van der Waals surface area contributed by atoms with E-state index in [0.29, 0.717) is 13.0 Å². The van der Waals surface area contributed by atoms with E-state index in [0.717, 1.165) is 24.2 Å². The van der Waals surface area contributed by atoms with Gasteiger partial charge < -0.3 is 15.3 Å². The Kier molecular flexibility index (Phi) is 4.33. The first kappa shape index (κ1) is 14.9. The lowest BCUT2D eigenvalue weighted by molar-refractivity contribution is -0.128. The predicted molar refractivity (Wildman–Crippen MR) is 80.7 cm³/mol. The highest BCUT2D eigenvalue weighted by atomic mass is 16.3. The van der Waals surface area contributed by atoms with E-state index in [1.54, 1.807) is 7.05 Å². The molecule has 1 aliphatic heterocycles. The molecule has 1 fully saturated rings. The van der Waals surface area contributed by atoms with E-state index in [-0.39, 0.29) is 11.3 Å². The molecule has 1 heterocycles. The minimum atomic E-state index is -0.446. The van der Waals surface area contributed by atoms with Crippen LogP contribution in [-0.2, 0) is 4.79 Å². The SMILES string of the molecule is CC[C@@H](O)c1ccccc1N1CCC(C)(C(=O)NC)C1. The van der Waals surface area contributed by atoms with Crippen LogP contribution in [0.3, 0.4) is 0 Å². The van der Waals surface area contributed by atoms with Crippen molar-refractivity contribution < 1.29 is 9.90 Å². The van der Waals surface area contributed by atoms with Gasteiger partial charge in [0.05, 0.1) is 11.5 Å². The van der Waals surface area contributed by atoms with Crippen molar-refractivity contribution in [3.63, 3.8) is 0 Å². The van der Waals surface area contributed by atoms with E-state index >= 15 is 0 Å². The Morgan fingerprint density at radius 3 is 2.85 bits per heavy atom. The van der Waals surface area contributed by atoms with E-state index in [9.17, 15) is 9.90 Å². The van der Waals surface area contributed by atoms with Crippen molar-refractivity contribution in [3.8, 4) is 0 Å². The lowest BCUT2D eigenvalue weighted by Crippen LogP contribution is -2.39.